The first-order chi connectivity index (χ1) is 8.36. The Morgan fingerprint density at radius 3 is 2.65 bits per heavy atom. The fourth-order valence-electron chi connectivity index (χ4n) is 1.95. The molecule has 4 heteroatoms. The Balaban J connectivity index is 1.96. The quantitative estimate of drug-likeness (QED) is 0.803. The number of ketones is 1. The second-order valence-electron chi connectivity index (χ2n) is 4.18. The molecule has 0 atom stereocenters. The minimum Gasteiger partial charge on any atom is -0.315 e. The standard InChI is InChI=1S/C13H13N3O/c17-13(10-8-14-9-10)12-6-7-15-16(12)11-4-2-1-3-5-11/h1-7,10,14H,8-9H2. The number of Topliss-reactive ketones (excluding diaryl/α,β-unsaturated/α-hetero) is 1. The first-order valence-corrected chi connectivity index (χ1v) is 5.70. The first kappa shape index (κ1) is 10.2. The SMILES string of the molecule is O=C(c1ccnn1-c1ccccc1)C1CNC1. The summed E-state index contributed by atoms with van der Waals surface area (Å²) < 4.78 is 1.71. The summed E-state index contributed by atoms with van der Waals surface area (Å²) in [4.78, 5) is 12.2. The fraction of sp³-hybridized carbons (Fsp3) is 0.231. The maximum Gasteiger partial charge on any atom is 0.186 e. The third kappa shape index (κ3) is 1.76. The number of benzene rings is 1. The van der Waals surface area contributed by atoms with E-state index in [1.165, 1.54) is 0 Å². The van der Waals surface area contributed by atoms with Crippen LogP contribution in [-0.4, -0.2) is 28.7 Å². The summed E-state index contributed by atoms with van der Waals surface area (Å²) in [6.07, 6.45) is 1.67. The summed E-state index contributed by atoms with van der Waals surface area (Å²) in [5.41, 5.74) is 1.59. The molecule has 1 aromatic heterocycles. The zero-order chi connectivity index (χ0) is 11.7. The van der Waals surface area contributed by atoms with Gasteiger partial charge in [0.25, 0.3) is 0 Å². The summed E-state index contributed by atoms with van der Waals surface area (Å²) in [6, 6.07) is 11.5. The normalized spacial score (nSPS) is 15.5. The minimum atomic E-state index is 0.106. The number of hydrogen-bond acceptors (Lipinski definition) is 3. The number of carbonyl (C=O) groups excluding carboxylic acids is 1. The highest BCUT2D eigenvalue weighted by Crippen LogP contribution is 2.16. The summed E-state index contributed by atoms with van der Waals surface area (Å²) in [5.74, 6) is 0.277. The number of nitrogens with zero attached hydrogens (tertiary/aromatic N) is 2. The number of para-hydroxylation sites is 1. The van der Waals surface area contributed by atoms with Gasteiger partial charge >= 0.3 is 0 Å². The van der Waals surface area contributed by atoms with Crippen LogP contribution in [0.5, 0.6) is 0 Å². The Morgan fingerprint density at radius 1 is 1.24 bits per heavy atom. The number of rotatable bonds is 3. The van der Waals surface area contributed by atoms with Crippen molar-refractivity contribution in [3.05, 3.63) is 48.3 Å². The van der Waals surface area contributed by atoms with Crippen molar-refractivity contribution >= 4 is 5.78 Å². The zero-order valence-electron chi connectivity index (χ0n) is 9.34. The van der Waals surface area contributed by atoms with Crippen LogP contribution >= 0.6 is 0 Å². The van der Waals surface area contributed by atoms with Crippen LogP contribution in [-0.2, 0) is 0 Å². The van der Waals surface area contributed by atoms with Gasteiger partial charge in [0.1, 0.15) is 5.69 Å². The topological polar surface area (TPSA) is 46.9 Å². The van der Waals surface area contributed by atoms with E-state index in [-0.39, 0.29) is 11.7 Å². The Hall–Kier alpha value is -1.94. The van der Waals surface area contributed by atoms with Crippen molar-refractivity contribution in [2.24, 2.45) is 5.92 Å². The van der Waals surface area contributed by atoms with Crippen LogP contribution in [0, 0.1) is 5.92 Å². The van der Waals surface area contributed by atoms with Crippen molar-refractivity contribution in [3.8, 4) is 5.69 Å². The van der Waals surface area contributed by atoms with E-state index >= 15 is 0 Å². The molecular formula is C13H13N3O. The van der Waals surface area contributed by atoms with E-state index in [9.17, 15) is 4.79 Å². The molecule has 86 valence electrons. The van der Waals surface area contributed by atoms with Gasteiger partial charge in [-0.25, -0.2) is 4.68 Å². The molecule has 1 aromatic carbocycles. The molecule has 4 nitrogen and oxygen atoms in total. The van der Waals surface area contributed by atoms with Gasteiger partial charge in [-0.1, -0.05) is 18.2 Å². The van der Waals surface area contributed by atoms with E-state index in [4.69, 9.17) is 0 Å². The third-order valence-corrected chi connectivity index (χ3v) is 3.05. The van der Waals surface area contributed by atoms with Gasteiger partial charge in [0.15, 0.2) is 5.78 Å². The lowest BCUT2D eigenvalue weighted by molar-refractivity contribution is 0.0870. The van der Waals surface area contributed by atoms with Crippen LogP contribution in [0.4, 0.5) is 0 Å². The highest BCUT2D eigenvalue weighted by atomic mass is 16.1. The van der Waals surface area contributed by atoms with Gasteiger partial charge in [0.05, 0.1) is 11.9 Å². The molecular weight excluding hydrogens is 214 g/mol. The monoisotopic (exact) mass is 227 g/mol. The molecule has 3 rings (SSSR count). The van der Waals surface area contributed by atoms with Gasteiger partial charge in [-0.2, -0.15) is 5.10 Å². The number of carbonyl (C=O) groups is 1. The molecule has 0 unspecified atom stereocenters. The summed E-state index contributed by atoms with van der Waals surface area (Å²) in [5, 5.41) is 7.34. The molecule has 2 aromatic rings. The summed E-state index contributed by atoms with van der Waals surface area (Å²) >= 11 is 0. The minimum absolute atomic E-state index is 0.106. The van der Waals surface area contributed by atoms with Crippen LogP contribution in [0.25, 0.3) is 5.69 Å². The van der Waals surface area contributed by atoms with Gasteiger partial charge in [-0.3, -0.25) is 4.79 Å². The number of aromatic nitrogens is 2. The van der Waals surface area contributed by atoms with Crippen molar-refractivity contribution in [2.45, 2.75) is 0 Å². The van der Waals surface area contributed by atoms with Crippen molar-refractivity contribution in [1.29, 1.82) is 0 Å². The highest BCUT2D eigenvalue weighted by Gasteiger charge is 2.28. The van der Waals surface area contributed by atoms with E-state index < -0.39 is 0 Å². The Bertz CT molecular complexity index is 529. The van der Waals surface area contributed by atoms with Gasteiger partial charge in [0, 0.05) is 19.0 Å². The van der Waals surface area contributed by atoms with Crippen molar-refractivity contribution < 1.29 is 4.79 Å². The molecule has 1 fully saturated rings. The molecule has 0 saturated carbocycles. The third-order valence-electron chi connectivity index (χ3n) is 3.05. The second-order valence-corrected chi connectivity index (χ2v) is 4.18. The van der Waals surface area contributed by atoms with Gasteiger partial charge in [0.2, 0.25) is 0 Å². The molecule has 0 bridgehead atoms. The average Bonchev–Trinajstić information content (AvgIpc) is 2.76. The van der Waals surface area contributed by atoms with Crippen LogP contribution in [0.3, 0.4) is 0 Å². The van der Waals surface area contributed by atoms with Crippen LogP contribution < -0.4 is 5.32 Å². The Labute approximate surface area is 99.3 Å². The fourth-order valence-corrected chi connectivity index (χ4v) is 1.95. The van der Waals surface area contributed by atoms with Crippen molar-refractivity contribution in [3.63, 3.8) is 0 Å². The van der Waals surface area contributed by atoms with E-state index in [1.54, 1.807) is 16.9 Å². The molecule has 1 N–H and O–H groups in total. The van der Waals surface area contributed by atoms with Crippen LogP contribution in [0.1, 0.15) is 10.5 Å². The molecule has 0 radical (unpaired) electrons. The molecule has 1 aliphatic heterocycles. The maximum absolute atomic E-state index is 12.2. The largest absolute Gasteiger partial charge is 0.315 e. The molecule has 0 amide bonds. The first-order valence-electron chi connectivity index (χ1n) is 5.70. The average molecular weight is 227 g/mol. The summed E-state index contributed by atoms with van der Waals surface area (Å²) in [7, 11) is 0. The molecule has 0 spiro atoms. The predicted molar refractivity (Wildman–Crippen MR) is 64.3 cm³/mol. The van der Waals surface area contributed by atoms with Gasteiger partial charge < -0.3 is 5.32 Å². The molecule has 1 aliphatic rings. The Kier molecular flexibility index (Phi) is 2.49. The summed E-state index contributed by atoms with van der Waals surface area (Å²) in [6.45, 7) is 1.55. The van der Waals surface area contributed by atoms with Crippen LogP contribution in [0.2, 0.25) is 0 Å². The Morgan fingerprint density at radius 2 is 2.00 bits per heavy atom. The molecule has 17 heavy (non-hydrogen) atoms. The van der Waals surface area contributed by atoms with Crippen LogP contribution in [0.15, 0.2) is 42.6 Å². The molecule has 2 heterocycles. The lowest BCUT2D eigenvalue weighted by Gasteiger charge is -2.25. The lowest BCUT2D eigenvalue weighted by Crippen LogP contribution is -2.46. The number of hydrogen-bond donors (Lipinski definition) is 1. The van der Waals surface area contributed by atoms with Crippen molar-refractivity contribution in [2.75, 3.05) is 13.1 Å². The molecule has 1 saturated heterocycles. The zero-order valence-corrected chi connectivity index (χ0v) is 9.34. The highest BCUT2D eigenvalue weighted by molar-refractivity contribution is 5.97. The maximum atomic E-state index is 12.2. The number of nitrogens with one attached hydrogen (secondary N) is 1. The van der Waals surface area contributed by atoms with E-state index in [1.807, 2.05) is 30.3 Å². The van der Waals surface area contributed by atoms with Gasteiger partial charge in [-0.05, 0) is 18.2 Å². The molecule has 0 aliphatic carbocycles. The van der Waals surface area contributed by atoms with E-state index in [0.29, 0.717) is 5.69 Å². The predicted octanol–water partition coefficient (Wildman–Crippen LogP) is 1.27. The van der Waals surface area contributed by atoms with E-state index in [2.05, 4.69) is 10.4 Å². The van der Waals surface area contributed by atoms with Crippen molar-refractivity contribution in [1.82, 2.24) is 15.1 Å². The second kappa shape index (κ2) is 4.14. The lowest BCUT2D eigenvalue weighted by atomic mass is 9.96. The smallest absolute Gasteiger partial charge is 0.186 e. The van der Waals surface area contributed by atoms with E-state index in [0.717, 1.165) is 18.8 Å². The van der Waals surface area contributed by atoms with Gasteiger partial charge in [-0.15, -0.1) is 0 Å².